The number of benzene rings is 2. The molecule has 166 valence electrons. The third kappa shape index (κ3) is 5.34. The standard InChI is InChI=1S/C25H27N3O3S/c1-28(20-7-3-2-4-8-20)25(30)22-9-5-6-10-23(22)27-24(29)18-11-13-21(14-12-18)31-15-19-16-32-17-26-19/h5-6,9-14,16-17,20H,2-4,7-8,15H2,1H3,(H,27,29). The average molecular weight is 450 g/mol. The second kappa shape index (κ2) is 10.4. The Morgan fingerprint density at radius 1 is 1.09 bits per heavy atom. The van der Waals surface area contributed by atoms with Gasteiger partial charge in [-0.2, -0.15) is 0 Å². The normalized spacial score (nSPS) is 14.0. The minimum absolute atomic E-state index is 0.0569. The van der Waals surface area contributed by atoms with Crippen molar-refractivity contribution in [2.24, 2.45) is 0 Å². The minimum atomic E-state index is -0.267. The lowest BCUT2D eigenvalue weighted by Crippen LogP contribution is -2.38. The molecular formula is C25H27N3O3S. The van der Waals surface area contributed by atoms with Crippen molar-refractivity contribution in [1.82, 2.24) is 9.88 Å². The van der Waals surface area contributed by atoms with Crippen molar-refractivity contribution < 1.29 is 14.3 Å². The fourth-order valence-corrected chi connectivity index (χ4v) is 4.51. The summed E-state index contributed by atoms with van der Waals surface area (Å²) in [6.07, 6.45) is 5.62. The topological polar surface area (TPSA) is 71.5 Å². The molecule has 0 unspecified atom stereocenters. The van der Waals surface area contributed by atoms with Crippen LogP contribution in [0.1, 0.15) is 58.5 Å². The summed E-state index contributed by atoms with van der Waals surface area (Å²) in [5.41, 5.74) is 4.16. The first-order valence-electron chi connectivity index (χ1n) is 10.9. The molecule has 0 bridgehead atoms. The van der Waals surface area contributed by atoms with Crippen molar-refractivity contribution >= 4 is 28.8 Å². The second-order valence-corrected chi connectivity index (χ2v) is 8.72. The molecule has 6 nitrogen and oxygen atoms in total. The number of hydrogen-bond donors (Lipinski definition) is 1. The monoisotopic (exact) mass is 449 g/mol. The van der Waals surface area contributed by atoms with Gasteiger partial charge in [-0.25, -0.2) is 4.98 Å². The molecule has 1 fully saturated rings. The van der Waals surface area contributed by atoms with Gasteiger partial charge in [0.1, 0.15) is 12.4 Å². The molecule has 7 heteroatoms. The number of nitrogens with zero attached hydrogens (tertiary/aromatic N) is 2. The predicted molar refractivity (Wildman–Crippen MR) is 126 cm³/mol. The van der Waals surface area contributed by atoms with E-state index in [1.54, 1.807) is 41.9 Å². The van der Waals surface area contributed by atoms with Crippen LogP contribution in [0.5, 0.6) is 5.75 Å². The molecule has 1 aliphatic carbocycles. The Hall–Kier alpha value is -3.19. The van der Waals surface area contributed by atoms with Gasteiger partial charge >= 0.3 is 0 Å². The molecule has 1 saturated carbocycles. The lowest BCUT2D eigenvalue weighted by atomic mass is 9.94. The van der Waals surface area contributed by atoms with Crippen LogP contribution in [0.15, 0.2) is 59.4 Å². The molecule has 0 radical (unpaired) electrons. The quantitative estimate of drug-likeness (QED) is 0.526. The van der Waals surface area contributed by atoms with E-state index in [1.165, 1.54) is 17.8 Å². The highest BCUT2D eigenvalue weighted by Crippen LogP contribution is 2.25. The first kappa shape index (κ1) is 22.0. The summed E-state index contributed by atoms with van der Waals surface area (Å²) in [4.78, 5) is 32.0. The van der Waals surface area contributed by atoms with Crippen LogP contribution >= 0.6 is 11.3 Å². The number of rotatable bonds is 7. The third-order valence-corrected chi connectivity index (χ3v) is 6.47. The number of amides is 2. The van der Waals surface area contributed by atoms with Crippen LogP contribution in [0.3, 0.4) is 0 Å². The number of thiazole rings is 1. The zero-order chi connectivity index (χ0) is 22.3. The van der Waals surface area contributed by atoms with E-state index in [1.807, 2.05) is 29.5 Å². The Bertz CT molecular complexity index is 1040. The summed E-state index contributed by atoms with van der Waals surface area (Å²) < 4.78 is 5.70. The van der Waals surface area contributed by atoms with Gasteiger partial charge in [0.25, 0.3) is 11.8 Å². The van der Waals surface area contributed by atoms with Gasteiger partial charge in [0.15, 0.2) is 0 Å². The highest BCUT2D eigenvalue weighted by atomic mass is 32.1. The first-order valence-corrected chi connectivity index (χ1v) is 11.8. The van der Waals surface area contributed by atoms with Gasteiger partial charge in [0.2, 0.25) is 0 Å². The van der Waals surface area contributed by atoms with Crippen molar-refractivity contribution in [3.8, 4) is 5.75 Å². The molecule has 0 saturated heterocycles. The van der Waals surface area contributed by atoms with Gasteiger partial charge in [0.05, 0.1) is 22.5 Å². The van der Waals surface area contributed by atoms with Gasteiger partial charge in [-0.1, -0.05) is 31.4 Å². The van der Waals surface area contributed by atoms with E-state index in [9.17, 15) is 9.59 Å². The highest BCUT2D eigenvalue weighted by Gasteiger charge is 2.25. The molecule has 0 aliphatic heterocycles. The van der Waals surface area contributed by atoms with E-state index in [0.717, 1.165) is 31.4 Å². The summed E-state index contributed by atoms with van der Waals surface area (Å²) in [5, 5.41) is 4.84. The number of carbonyl (C=O) groups excluding carboxylic acids is 2. The number of nitrogens with one attached hydrogen (secondary N) is 1. The summed E-state index contributed by atoms with van der Waals surface area (Å²) in [6, 6.07) is 14.4. The maximum atomic E-state index is 13.2. The predicted octanol–water partition coefficient (Wildman–Crippen LogP) is 5.38. The smallest absolute Gasteiger partial charge is 0.255 e. The van der Waals surface area contributed by atoms with Crippen LogP contribution in [-0.4, -0.2) is 34.8 Å². The number of aromatic nitrogens is 1. The Balaban J connectivity index is 1.41. The van der Waals surface area contributed by atoms with E-state index >= 15 is 0 Å². The highest BCUT2D eigenvalue weighted by molar-refractivity contribution is 7.07. The van der Waals surface area contributed by atoms with Crippen LogP contribution < -0.4 is 10.1 Å². The van der Waals surface area contributed by atoms with Crippen LogP contribution in [0.25, 0.3) is 0 Å². The minimum Gasteiger partial charge on any atom is -0.487 e. The maximum absolute atomic E-state index is 13.2. The van der Waals surface area contributed by atoms with E-state index in [-0.39, 0.29) is 17.9 Å². The van der Waals surface area contributed by atoms with Gasteiger partial charge in [-0.05, 0) is 49.2 Å². The molecule has 0 spiro atoms. The molecule has 4 rings (SSSR count). The van der Waals surface area contributed by atoms with Crippen molar-refractivity contribution in [2.45, 2.75) is 44.8 Å². The Morgan fingerprint density at radius 2 is 1.84 bits per heavy atom. The van der Waals surface area contributed by atoms with Crippen LogP contribution in [0, 0.1) is 0 Å². The molecule has 0 atom stereocenters. The number of para-hydroxylation sites is 1. The molecule has 1 aromatic heterocycles. The zero-order valence-corrected chi connectivity index (χ0v) is 18.9. The maximum Gasteiger partial charge on any atom is 0.255 e. The number of carbonyl (C=O) groups is 2. The summed E-state index contributed by atoms with van der Waals surface area (Å²) >= 11 is 1.52. The zero-order valence-electron chi connectivity index (χ0n) is 18.1. The Kier molecular flexibility index (Phi) is 7.17. The summed E-state index contributed by atoms with van der Waals surface area (Å²) in [5.74, 6) is 0.342. The molecule has 32 heavy (non-hydrogen) atoms. The molecule has 2 aromatic carbocycles. The lowest BCUT2D eigenvalue weighted by molar-refractivity contribution is 0.0697. The average Bonchev–Trinajstić information content (AvgIpc) is 3.37. The van der Waals surface area contributed by atoms with E-state index in [4.69, 9.17) is 4.74 Å². The number of ether oxygens (including phenoxy) is 1. The van der Waals surface area contributed by atoms with E-state index in [0.29, 0.717) is 29.2 Å². The third-order valence-electron chi connectivity index (χ3n) is 5.84. The van der Waals surface area contributed by atoms with Crippen LogP contribution in [0.2, 0.25) is 0 Å². The van der Waals surface area contributed by atoms with E-state index < -0.39 is 0 Å². The first-order chi connectivity index (χ1) is 15.6. The van der Waals surface area contributed by atoms with Crippen molar-refractivity contribution in [3.05, 3.63) is 76.2 Å². The second-order valence-electron chi connectivity index (χ2n) is 8.00. The fourth-order valence-electron chi connectivity index (χ4n) is 3.97. The molecule has 3 aromatic rings. The molecule has 1 heterocycles. The summed E-state index contributed by atoms with van der Waals surface area (Å²) in [6.45, 7) is 0.388. The van der Waals surface area contributed by atoms with E-state index in [2.05, 4.69) is 10.3 Å². The van der Waals surface area contributed by atoms with Gasteiger partial charge in [-0.3, -0.25) is 9.59 Å². The molecular weight excluding hydrogens is 422 g/mol. The Morgan fingerprint density at radius 3 is 2.56 bits per heavy atom. The van der Waals surface area contributed by atoms with Gasteiger partial charge in [0, 0.05) is 24.0 Å². The van der Waals surface area contributed by atoms with Gasteiger partial charge < -0.3 is 15.0 Å². The largest absolute Gasteiger partial charge is 0.487 e. The lowest BCUT2D eigenvalue weighted by Gasteiger charge is -2.31. The summed E-state index contributed by atoms with van der Waals surface area (Å²) in [7, 11) is 1.86. The molecule has 1 N–H and O–H groups in total. The van der Waals surface area contributed by atoms with Crippen LogP contribution in [0.4, 0.5) is 5.69 Å². The van der Waals surface area contributed by atoms with Crippen LogP contribution in [-0.2, 0) is 6.61 Å². The van der Waals surface area contributed by atoms with Gasteiger partial charge in [-0.15, -0.1) is 11.3 Å². The molecule has 2 amide bonds. The number of anilines is 1. The number of hydrogen-bond acceptors (Lipinski definition) is 5. The van der Waals surface area contributed by atoms with Crippen molar-refractivity contribution in [1.29, 1.82) is 0 Å². The fraction of sp³-hybridized carbons (Fsp3) is 0.320. The Labute approximate surface area is 192 Å². The molecule has 1 aliphatic rings. The van der Waals surface area contributed by atoms with Crippen molar-refractivity contribution in [3.63, 3.8) is 0 Å². The SMILES string of the molecule is CN(C(=O)c1ccccc1NC(=O)c1ccc(OCc2cscn2)cc1)C1CCCCC1. The van der Waals surface area contributed by atoms with Crippen molar-refractivity contribution in [2.75, 3.05) is 12.4 Å².